The highest BCUT2D eigenvalue weighted by molar-refractivity contribution is 5.82. The number of nitrogens with zero attached hydrogens (tertiary/aromatic N) is 1. The third-order valence-corrected chi connectivity index (χ3v) is 2.82. The normalized spacial score (nSPS) is 18.8. The van der Waals surface area contributed by atoms with Gasteiger partial charge in [0, 0.05) is 11.7 Å². The molecule has 0 bridgehead atoms. The van der Waals surface area contributed by atoms with E-state index >= 15 is 0 Å². The molecular weight excluding hydrogens is 190 g/mol. The summed E-state index contributed by atoms with van der Waals surface area (Å²) < 4.78 is 0. The van der Waals surface area contributed by atoms with Gasteiger partial charge in [0.15, 0.2) is 0 Å². The van der Waals surface area contributed by atoms with E-state index in [-0.39, 0.29) is 5.91 Å². The van der Waals surface area contributed by atoms with Crippen LogP contribution in [-0.2, 0) is 11.2 Å². The first kappa shape index (κ1) is 9.98. The van der Waals surface area contributed by atoms with Crippen molar-refractivity contribution in [2.45, 2.75) is 19.4 Å². The lowest BCUT2D eigenvalue weighted by Crippen LogP contribution is -2.42. The van der Waals surface area contributed by atoms with Crippen molar-refractivity contribution in [2.24, 2.45) is 5.84 Å². The number of para-hydroxylation sites is 1. The fourth-order valence-corrected chi connectivity index (χ4v) is 2.07. The summed E-state index contributed by atoms with van der Waals surface area (Å²) in [5.41, 5.74) is 4.61. The maximum absolute atomic E-state index is 11.2. The first-order chi connectivity index (χ1) is 7.22. The van der Waals surface area contributed by atoms with Crippen LogP contribution in [0.15, 0.2) is 24.3 Å². The van der Waals surface area contributed by atoms with Crippen molar-refractivity contribution in [1.29, 1.82) is 0 Å². The lowest BCUT2D eigenvalue weighted by molar-refractivity contribution is -0.119. The third-order valence-electron chi connectivity index (χ3n) is 2.82. The van der Waals surface area contributed by atoms with E-state index in [0.29, 0.717) is 12.6 Å². The maximum atomic E-state index is 11.2. The van der Waals surface area contributed by atoms with Crippen LogP contribution in [-0.4, -0.2) is 18.5 Å². The number of nitrogens with two attached hydrogens (primary N) is 1. The van der Waals surface area contributed by atoms with Crippen LogP contribution in [0.5, 0.6) is 0 Å². The Balaban J connectivity index is 2.22. The topological polar surface area (TPSA) is 58.4 Å². The Bertz CT molecular complexity index is 378. The second-order valence-corrected chi connectivity index (χ2v) is 3.88. The predicted molar refractivity (Wildman–Crippen MR) is 59.3 cm³/mol. The first-order valence-electron chi connectivity index (χ1n) is 5.06. The molecule has 4 nitrogen and oxygen atoms in total. The number of hydrogen-bond donors (Lipinski definition) is 2. The molecule has 0 aromatic heterocycles. The minimum atomic E-state index is -0.154. The number of carbonyl (C=O) groups excluding carboxylic acids is 1. The summed E-state index contributed by atoms with van der Waals surface area (Å²) in [5, 5.41) is 0. The van der Waals surface area contributed by atoms with Gasteiger partial charge in [-0.05, 0) is 25.0 Å². The Kier molecular flexibility index (Phi) is 2.60. The van der Waals surface area contributed by atoms with Crippen LogP contribution in [0.3, 0.4) is 0 Å². The van der Waals surface area contributed by atoms with E-state index in [1.165, 1.54) is 5.56 Å². The fraction of sp³-hybridized carbons (Fsp3) is 0.364. The molecule has 0 spiro atoms. The first-order valence-corrected chi connectivity index (χ1v) is 5.06. The smallest absolute Gasteiger partial charge is 0.253 e. The summed E-state index contributed by atoms with van der Waals surface area (Å²) in [4.78, 5) is 13.3. The van der Waals surface area contributed by atoms with Crippen LogP contribution < -0.4 is 16.2 Å². The Morgan fingerprint density at radius 3 is 3.07 bits per heavy atom. The van der Waals surface area contributed by atoms with Crippen molar-refractivity contribution in [3.63, 3.8) is 0 Å². The van der Waals surface area contributed by atoms with E-state index in [1.807, 2.05) is 18.2 Å². The summed E-state index contributed by atoms with van der Waals surface area (Å²) in [7, 11) is 0. The summed E-state index contributed by atoms with van der Waals surface area (Å²) in [5.74, 6) is 4.94. The molecule has 1 aliphatic rings. The van der Waals surface area contributed by atoms with Gasteiger partial charge in [-0.2, -0.15) is 0 Å². The fourth-order valence-electron chi connectivity index (χ4n) is 2.07. The molecule has 1 atom stereocenters. The van der Waals surface area contributed by atoms with E-state index in [4.69, 9.17) is 5.84 Å². The zero-order chi connectivity index (χ0) is 10.8. The van der Waals surface area contributed by atoms with Crippen molar-refractivity contribution in [3.05, 3.63) is 29.8 Å². The maximum Gasteiger partial charge on any atom is 0.253 e. The molecule has 1 aliphatic heterocycles. The molecule has 0 radical (unpaired) electrons. The molecule has 80 valence electrons. The molecular formula is C11H15N3O. The van der Waals surface area contributed by atoms with E-state index in [2.05, 4.69) is 23.3 Å². The van der Waals surface area contributed by atoms with Crippen LogP contribution >= 0.6 is 0 Å². The lowest BCUT2D eigenvalue weighted by Gasteiger charge is -2.23. The number of benzene rings is 1. The summed E-state index contributed by atoms with van der Waals surface area (Å²) in [6.07, 6.45) is 0.994. The molecule has 4 heteroatoms. The highest BCUT2D eigenvalue weighted by atomic mass is 16.2. The summed E-state index contributed by atoms with van der Waals surface area (Å²) >= 11 is 0. The molecule has 0 aliphatic carbocycles. The largest absolute Gasteiger partial charge is 0.359 e. The molecule has 1 amide bonds. The van der Waals surface area contributed by atoms with Crippen molar-refractivity contribution in [3.8, 4) is 0 Å². The number of hydrazine groups is 1. The molecule has 3 N–H and O–H groups in total. The van der Waals surface area contributed by atoms with E-state index < -0.39 is 0 Å². The summed E-state index contributed by atoms with van der Waals surface area (Å²) in [6.45, 7) is 2.44. The quantitative estimate of drug-likeness (QED) is 0.418. The molecule has 0 saturated heterocycles. The number of anilines is 1. The molecule has 2 rings (SSSR count). The molecule has 1 heterocycles. The number of fused-ring (bicyclic) bond motifs is 1. The third kappa shape index (κ3) is 1.80. The van der Waals surface area contributed by atoms with Gasteiger partial charge in [-0.3, -0.25) is 10.2 Å². The van der Waals surface area contributed by atoms with Crippen LogP contribution in [0, 0.1) is 0 Å². The molecule has 1 unspecified atom stereocenters. The highest BCUT2D eigenvalue weighted by Gasteiger charge is 2.26. The van der Waals surface area contributed by atoms with Crippen LogP contribution in [0.2, 0.25) is 0 Å². The van der Waals surface area contributed by atoms with Crippen molar-refractivity contribution >= 4 is 11.6 Å². The van der Waals surface area contributed by atoms with Crippen molar-refractivity contribution in [2.75, 3.05) is 11.4 Å². The zero-order valence-electron chi connectivity index (χ0n) is 8.73. The van der Waals surface area contributed by atoms with Gasteiger partial charge >= 0.3 is 0 Å². The SMILES string of the molecule is CC1Cc2ccccc2N1CC(=O)NN. The molecule has 0 fully saturated rings. The van der Waals surface area contributed by atoms with E-state index in [9.17, 15) is 4.79 Å². The minimum absolute atomic E-state index is 0.154. The van der Waals surface area contributed by atoms with E-state index in [1.54, 1.807) is 0 Å². The van der Waals surface area contributed by atoms with Crippen molar-refractivity contribution < 1.29 is 4.79 Å². The average molecular weight is 205 g/mol. The van der Waals surface area contributed by atoms with Crippen LogP contribution in [0.1, 0.15) is 12.5 Å². The van der Waals surface area contributed by atoms with Crippen molar-refractivity contribution in [1.82, 2.24) is 5.43 Å². The monoisotopic (exact) mass is 205 g/mol. The standard InChI is InChI=1S/C11H15N3O/c1-8-6-9-4-2-3-5-10(9)14(8)7-11(15)13-12/h2-5,8H,6-7,12H2,1H3,(H,13,15). The average Bonchev–Trinajstić information content (AvgIpc) is 2.55. The number of amides is 1. The lowest BCUT2D eigenvalue weighted by atomic mass is 10.1. The number of nitrogens with one attached hydrogen (secondary N) is 1. The van der Waals surface area contributed by atoms with Crippen LogP contribution in [0.4, 0.5) is 5.69 Å². The Labute approximate surface area is 89.0 Å². The Hall–Kier alpha value is -1.55. The van der Waals surface area contributed by atoms with Gasteiger partial charge in [0.05, 0.1) is 6.54 Å². The van der Waals surface area contributed by atoms with E-state index in [0.717, 1.165) is 12.1 Å². The van der Waals surface area contributed by atoms with Gasteiger partial charge in [-0.1, -0.05) is 18.2 Å². The predicted octanol–water partition coefficient (Wildman–Crippen LogP) is 0.428. The Morgan fingerprint density at radius 1 is 1.60 bits per heavy atom. The Morgan fingerprint density at radius 2 is 2.33 bits per heavy atom. The van der Waals surface area contributed by atoms with Gasteiger partial charge in [0.25, 0.3) is 5.91 Å². The molecule has 1 aromatic carbocycles. The number of carbonyl (C=O) groups is 1. The highest BCUT2D eigenvalue weighted by Crippen LogP contribution is 2.31. The second-order valence-electron chi connectivity index (χ2n) is 3.88. The molecule has 1 aromatic rings. The van der Waals surface area contributed by atoms with Gasteiger partial charge < -0.3 is 4.90 Å². The van der Waals surface area contributed by atoms with Gasteiger partial charge in [-0.15, -0.1) is 0 Å². The summed E-state index contributed by atoms with van der Waals surface area (Å²) in [6, 6.07) is 8.52. The number of hydrogen-bond acceptors (Lipinski definition) is 3. The molecule has 15 heavy (non-hydrogen) atoms. The van der Waals surface area contributed by atoms with Gasteiger partial charge in [0.1, 0.15) is 0 Å². The van der Waals surface area contributed by atoms with Crippen LogP contribution in [0.25, 0.3) is 0 Å². The number of rotatable bonds is 2. The zero-order valence-corrected chi connectivity index (χ0v) is 8.73. The van der Waals surface area contributed by atoms with Gasteiger partial charge in [-0.25, -0.2) is 5.84 Å². The second kappa shape index (κ2) is 3.90. The van der Waals surface area contributed by atoms with Gasteiger partial charge in [0.2, 0.25) is 0 Å². The minimum Gasteiger partial charge on any atom is -0.359 e. The molecule has 0 saturated carbocycles.